The van der Waals surface area contributed by atoms with Gasteiger partial charge in [0.15, 0.2) is 0 Å². The van der Waals surface area contributed by atoms with Crippen LogP contribution < -0.4 is 0 Å². The first-order chi connectivity index (χ1) is 4.09. The Morgan fingerprint density at radius 3 is 2.00 bits per heavy atom. The summed E-state index contributed by atoms with van der Waals surface area (Å²) >= 11 is 0. The maximum absolute atomic E-state index is 10.4. The van der Waals surface area contributed by atoms with Crippen molar-refractivity contribution in [2.24, 2.45) is 5.92 Å². The van der Waals surface area contributed by atoms with Crippen molar-refractivity contribution in [1.82, 2.24) is 0 Å². The van der Waals surface area contributed by atoms with Crippen LogP contribution in [0.25, 0.3) is 0 Å². The van der Waals surface area contributed by atoms with Crippen LogP contribution in [-0.2, 0) is 9.59 Å². The van der Waals surface area contributed by atoms with Gasteiger partial charge in [0.25, 0.3) is 0 Å². The predicted molar refractivity (Wildman–Crippen MR) is 32.1 cm³/mol. The quantitative estimate of drug-likeness (QED) is 0.572. The molecule has 0 spiro atoms. The molecule has 3 heteroatoms. The SMILES string of the molecule is CC[C@@H](C(C)=O)C(=O)O. The molecule has 0 aliphatic rings. The van der Waals surface area contributed by atoms with E-state index in [2.05, 4.69) is 0 Å². The molecule has 0 saturated heterocycles. The maximum Gasteiger partial charge on any atom is 0.314 e. The van der Waals surface area contributed by atoms with Gasteiger partial charge in [-0.2, -0.15) is 0 Å². The predicted octanol–water partition coefficient (Wildman–Crippen LogP) is 0.686. The molecule has 0 unspecified atom stereocenters. The van der Waals surface area contributed by atoms with Crippen LogP contribution in [0.2, 0.25) is 0 Å². The van der Waals surface area contributed by atoms with Gasteiger partial charge in [-0.25, -0.2) is 0 Å². The van der Waals surface area contributed by atoms with E-state index < -0.39 is 11.9 Å². The highest BCUT2D eigenvalue weighted by Gasteiger charge is 2.19. The molecule has 0 rings (SSSR count). The fourth-order valence-electron chi connectivity index (χ4n) is 0.636. The molecule has 0 aromatic rings. The van der Waals surface area contributed by atoms with E-state index in [1.807, 2.05) is 0 Å². The van der Waals surface area contributed by atoms with E-state index in [4.69, 9.17) is 5.11 Å². The zero-order valence-corrected chi connectivity index (χ0v) is 5.55. The second-order valence-corrected chi connectivity index (χ2v) is 1.91. The smallest absolute Gasteiger partial charge is 0.314 e. The molecule has 0 radical (unpaired) electrons. The molecule has 0 aromatic heterocycles. The number of hydrogen-bond donors (Lipinski definition) is 1. The Morgan fingerprint density at radius 1 is 1.56 bits per heavy atom. The van der Waals surface area contributed by atoms with Crippen LogP contribution in [0.4, 0.5) is 0 Å². The van der Waals surface area contributed by atoms with Gasteiger partial charge in [0.1, 0.15) is 11.7 Å². The number of carbonyl (C=O) groups is 2. The number of Topliss-reactive ketones (excluding diaryl/α,β-unsaturated/α-hetero) is 1. The fourth-order valence-corrected chi connectivity index (χ4v) is 0.636. The fraction of sp³-hybridized carbons (Fsp3) is 0.667. The minimum atomic E-state index is -1.02. The third-order valence-electron chi connectivity index (χ3n) is 1.20. The number of rotatable bonds is 3. The number of aliphatic carboxylic acids is 1. The summed E-state index contributed by atoms with van der Waals surface area (Å²) in [4.78, 5) is 20.6. The molecular formula is C6H10O3. The molecule has 9 heavy (non-hydrogen) atoms. The first-order valence-electron chi connectivity index (χ1n) is 2.82. The molecule has 3 nitrogen and oxygen atoms in total. The standard InChI is InChI=1S/C6H10O3/c1-3-5(4(2)7)6(8)9/h5H,3H2,1-2H3,(H,8,9)/t5-/m0/s1. The van der Waals surface area contributed by atoms with Gasteiger partial charge >= 0.3 is 5.97 Å². The summed E-state index contributed by atoms with van der Waals surface area (Å²) in [6.45, 7) is 2.97. The average molecular weight is 130 g/mol. The molecule has 0 aliphatic carbocycles. The number of ketones is 1. The summed E-state index contributed by atoms with van der Waals surface area (Å²) in [6, 6.07) is 0. The Hall–Kier alpha value is -0.860. The van der Waals surface area contributed by atoms with Gasteiger partial charge in [-0.1, -0.05) is 6.92 Å². The largest absolute Gasteiger partial charge is 0.481 e. The first kappa shape index (κ1) is 8.14. The van der Waals surface area contributed by atoms with Crippen molar-refractivity contribution < 1.29 is 14.7 Å². The van der Waals surface area contributed by atoms with Gasteiger partial charge in [-0.05, 0) is 13.3 Å². The average Bonchev–Trinajstić information content (AvgIpc) is 1.64. The lowest BCUT2D eigenvalue weighted by molar-refractivity contribution is -0.145. The first-order valence-corrected chi connectivity index (χ1v) is 2.82. The monoisotopic (exact) mass is 130 g/mol. The van der Waals surface area contributed by atoms with Crippen LogP contribution in [-0.4, -0.2) is 16.9 Å². The van der Waals surface area contributed by atoms with E-state index in [1.165, 1.54) is 6.92 Å². The summed E-state index contributed by atoms with van der Waals surface area (Å²) in [5.41, 5.74) is 0. The van der Waals surface area contributed by atoms with E-state index in [0.717, 1.165) is 0 Å². The van der Waals surface area contributed by atoms with Crippen LogP contribution >= 0.6 is 0 Å². The molecular weight excluding hydrogens is 120 g/mol. The van der Waals surface area contributed by atoms with Crippen molar-refractivity contribution in [3.8, 4) is 0 Å². The van der Waals surface area contributed by atoms with Crippen LogP contribution in [0.5, 0.6) is 0 Å². The number of carboxylic acid groups (broad SMARTS) is 1. The van der Waals surface area contributed by atoms with Gasteiger partial charge in [0, 0.05) is 0 Å². The molecule has 52 valence electrons. The molecule has 1 N–H and O–H groups in total. The van der Waals surface area contributed by atoms with Crippen LogP contribution in [0.1, 0.15) is 20.3 Å². The lowest BCUT2D eigenvalue weighted by atomic mass is 10.0. The van der Waals surface area contributed by atoms with Gasteiger partial charge in [0.2, 0.25) is 0 Å². The summed E-state index contributed by atoms with van der Waals surface area (Å²) in [5.74, 6) is -2.10. The lowest BCUT2D eigenvalue weighted by Crippen LogP contribution is -2.19. The summed E-state index contributed by atoms with van der Waals surface area (Å²) in [6.07, 6.45) is 0.380. The van der Waals surface area contributed by atoms with E-state index in [9.17, 15) is 9.59 Å². The highest BCUT2D eigenvalue weighted by molar-refractivity contribution is 5.96. The molecule has 0 fully saturated rings. The van der Waals surface area contributed by atoms with Gasteiger partial charge < -0.3 is 5.11 Å². The van der Waals surface area contributed by atoms with Crippen molar-refractivity contribution in [1.29, 1.82) is 0 Å². The minimum absolute atomic E-state index is 0.273. The number of carboxylic acids is 1. The van der Waals surface area contributed by atoms with E-state index in [-0.39, 0.29) is 5.78 Å². The topological polar surface area (TPSA) is 54.4 Å². The van der Waals surface area contributed by atoms with Crippen molar-refractivity contribution >= 4 is 11.8 Å². The van der Waals surface area contributed by atoms with E-state index >= 15 is 0 Å². The zero-order valence-electron chi connectivity index (χ0n) is 5.55. The summed E-state index contributed by atoms with van der Waals surface area (Å²) in [5, 5.41) is 8.32. The van der Waals surface area contributed by atoms with Crippen molar-refractivity contribution in [3.05, 3.63) is 0 Å². The molecule has 0 heterocycles. The second kappa shape index (κ2) is 3.22. The van der Waals surface area contributed by atoms with Gasteiger partial charge in [0.05, 0.1) is 0 Å². The van der Waals surface area contributed by atoms with Crippen molar-refractivity contribution in [3.63, 3.8) is 0 Å². The zero-order chi connectivity index (χ0) is 7.44. The molecule has 1 atom stereocenters. The molecule has 0 saturated carbocycles. The van der Waals surface area contributed by atoms with Crippen LogP contribution in [0.3, 0.4) is 0 Å². The Kier molecular flexibility index (Phi) is 2.91. The van der Waals surface area contributed by atoms with Crippen molar-refractivity contribution in [2.45, 2.75) is 20.3 Å². The maximum atomic E-state index is 10.4. The minimum Gasteiger partial charge on any atom is -0.481 e. The number of hydrogen-bond acceptors (Lipinski definition) is 2. The lowest BCUT2D eigenvalue weighted by Gasteiger charge is -2.01. The van der Waals surface area contributed by atoms with E-state index in [1.54, 1.807) is 6.92 Å². The Morgan fingerprint density at radius 2 is 2.00 bits per heavy atom. The Bertz CT molecular complexity index is 114. The van der Waals surface area contributed by atoms with Crippen LogP contribution in [0, 0.1) is 5.92 Å². The Labute approximate surface area is 53.7 Å². The summed E-state index contributed by atoms with van der Waals surface area (Å²) in [7, 11) is 0. The highest BCUT2D eigenvalue weighted by Crippen LogP contribution is 2.02. The van der Waals surface area contributed by atoms with E-state index in [0.29, 0.717) is 6.42 Å². The molecule has 0 bridgehead atoms. The number of carbonyl (C=O) groups excluding carboxylic acids is 1. The molecule has 0 amide bonds. The Balaban J connectivity index is 3.99. The van der Waals surface area contributed by atoms with Gasteiger partial charge in [-0.3, -0.25) is 9.59 Å². The second-order valence-electron chi connectivity index (χ2n) is 1.91. The third-order valence-corrected chi connectivity index (χ3v) is 1.20. The third kappa shape index (κ3) is 2.26. The van der Waals surface area contributed by atoms with Gasteiger partial charge in [-0.15, -0.1) is 0 Å². The molecule has 0 aliphatic heterocycles. The van der Waals surface area contributed by atoms with Crippen LogP contribution in [0.15, 0.2) is 0 Å². The van der Waals surface area contributed by atoms with Crippen molar-refractivity contribution in [2.75, 3.05) is 0 Å². The highest BCUT2D eigenvalue weighted by atomic mass is 16.4. The normalized spacial score (nSPS) is 12.7. The summed E-state index contributed by atoms with van der Waals surface area (Å²) < 4.78 is 0. The molecule has 0 aromatic carbocycles.